The fraction of sp³-hybridized carbons (Fsp3) is 0.500. The zero-order valence-corrected chi connectivity index (χ0v) is 12.5. The SMILES string of the molecule is CCCC(C#N)c1cc(OC)c(OC)c(OC)c1.Cl. The van der Waals surface area contributed by atoms with Gasteiger partial charge < -0.3 is 14.2 Å². The van der Waals surface area contributed by atoms with E-state index in [9.17, 15) is 5.26 Å². The van der Waals surface area contributed by atoms with Gasteiger partial charge in [0.25, 0.3) is 0 Å². The first kappa shape index (κ1) is 17.4. The van der Waals surface area contributed by atoms with Crippen molar-refractivity contribution in [3.8, 4) is 23.3 Å². The Kier molecular flexibility index (Phi) is 7.78. The maximum atomic E-state index is 9.20. The van der Waals surface area contributed by atoms with Crippen molar-refractivity contribution >= 4 is 12.4 Å². The highest BCUT2D eigenvalue weighted by atomic mass is 35.5. The van der Waals surface area contributed by atoms with Gasteiger partial charge in [-0.3, -0.25) is 0 Å². The van der Waals surface area contributed by atoms with Crippen LogP contribution in [0.5, 0.6) is 17.2 Å². The van der Waals surface area contributed by atoms with Crippen LogP contribution >= 0.6 is 12.4 Å². The molecular weight excluding hydrogens is 266 g/mol. The summed E-state index contributed by atoms with van der Waals surface area (Å²) in [6.45, 7) is 2.06. The molecule has 0 saturated carbocycles. The van der Waals surface area contributed by atoms with E-state index in [-0.39, 0.29) is 18.3 Å². The van der Waals surface area contributed by atoms with E-state index in [1.54, 1.807) is 21.3 Å². The maximum absolute atomic E-state index is 9.20. The first-order valence-electron chi connectivity index (χ1n) is 5.91. The van der Waals surface area contributed by atoms with Crippen LogP contribution < -0.4 is 14.2 Å². The normalized spacial score (nSPS) is 10.9. The van der Waals surface area contributed by atoms with Crippen molar-refractivity contribution in [2.45, 2.75) is 25.7 Å². The Bertz CT molecular complexity index is 418. The average Bonchev–Trinajstić information content (AvgIpc) is 2.42. The molecule has 1 aromatic rings. The third-order valence-electron chi connectivity index (χ3n) is 2.82. The van der Waals surface area contributed by atoms with Crippen LogP contribution in [0.2, 0.25) is 0 Å². The van der Waals surface area contributed by atoms with Gasteiger partial charge in [-0.05, 0) is 24.1 Å². The van der Waals surface area contributed by atoms with E-state index in [1.807, 2.05) is 12.1 Å². The summed E-state index contributed by atoms with van der Waals surface area (Å²) in [5.74, 6) is 1.58. The molecule has 19 heavy (non-hydrogen) atoms. The van der Waals surface area contributed by atoms with Gasteiger partial charge in [0.2, 0.25) is 5.75 Å². The van der Waals surface area contributed by atoms with Crippen LogP contribution in [-0.4, -0.2) is 21.3 Å². The van der Waals surface area contributed by atoms with Crippen LogP contribution in [-0.2, 0) is 0 Å². The van der Waals surface area contributed by atoms with E-state index in [2.05, 4.69) is 13.0 Å². The van der Waals surface area contributed by atoms with Crippen molar-refractivity contribution in [1.29, 1.82) is 5.26 Å². The van der Waals surface area contributed by atoms with Gasteiger partial charge in [0.15, 0.2) is 11.5 Å². The number of benzene rings is 1. The molecule has 0 amide bonds. The van der Waals surface area contributed by atoms with Crippen LogP contribution in [0.4, 0.5) is 0 Å². The molecule has 0 aliphatic heterocycles. The maximum Gasteiger partial charge on any atom is 0.203 e. The molecule has 0 aliphatic rings. The Morgan fingerprint density at radius 3 is 1.95 bits per heavy atom. The van der Waals surface area contributed by atoms with Gasteiger partial charge in [0.05, 0.1) is 33.3 Å². The Hall–Kier alpha value is -1.60. The van der Waals surface area contributed by atoms with E-state index in [0.717, 1.165) is 18.4 Å². The zero-order chi connectivity index (χ0) is 13.5. The van der Waals surface area contributed by atoms with E-state index in [4.69, 9.17) is 14.2 Å². The second-order valence-corrected chi connectivity index (χ2v) is 3.93. The molecule has 5 heteroatoms. The molecule has 0 radical (unpaired) electrons. The van der Waals surface area contributed by atoms with E-state index in [0.29, 0.717) is 17.2 Å². The summed E-state index contributed by atoms with van der Waals surface area (Å²) in [6, 6.07) is 5.98. The largest absolute Gasteiger partial charge is 0.493 e. The number of nitriles is 1. The molecule has 0 aliphatic carbocycles. The minimum absolute atomic E-state index is 0. The van der Waals surface area contributed by atoms with Crippen molar-refractivity contribution in [2.75, 3.05) is 21.3 Å². The predicted octanol–water partition coefficient (Wildman–Crippen LogP) is 3.54. The van der Waals surface area contributed by atoms with Gasteiger partial charge in [0.1, 0.15) is 0 Å². The number of ether oxygens (including phenoxy) is 3. The van der Waals surface area contributed by atoms with Crippen molar-refractivity contribution in [3.05, 3.63) is 17.7 Å². The molecule has 0 bridgehead atoms. The fourth-order valence-corrected chi connectivity index (χ4v) is 1.90. The molecular formula is C14H20ClNO3. The minimum atomic E-state index is -0.149. The molecule has 1 rings (SSSR count). The lowest BCUT2D eigenvalue weighted by molar-refractivity contribution is 0.323. The van der Waals surface area contributed by atoms with Crippen LogP contribution in [0.1, 0.15) is 31.2 Å². The van der Waals surface area contributed by atoms with Crippen molar-refractivity contribution in [2.24, 2.45) is 0 Å². The molecule has 0 N–H and O–H groups in total. The topological polar surface area (TPSA) is 51.5 Å². The van der Waals surface area contributed by atoms with Crippen LogP contribution in [0.3, 0.4) is 0 Å². The second kappa shape index (κ2) is 8.49. The highest BCUT2D eigenvalue weighted by Gasteiger charge is 2.17. The highest BCUT2D eigenvalue weighted by molar-refractivity contribution is 5.85. The van der Waals surface area contributed by atoms with E-state index >= 15 is 0 Å². The summed E-state index contributed by atoms with van der Waals surface area (Å²) in [5.41, 5.74) is 0.897. The minimum Gasteiger partial charge on any atom is -0.493 e. The lowest BCUT2D eigenvalue weighted by Gasteiger charge is -2.16. The number of hydrogen-bond acceptors (Lipinski definition) is 4. The van der Waals surface area contributed by atoms with Crippen LogP contribution in [0.15, 0.2) is 12.1 Å². The number of nitrogens with zero attached hydrogens (tertiary/aromatic N) is 1. The van der Waals surface area contributed by atoms with Gasteiger partial charge in [-0.1, -0.05) is 13.3 Å². The van der Waals surface area contributed by atoms with Crippen LogP contribution in [0, 0.1) is 11.3 Å². The zero-order valence-electron chi connectivity index (χ0n) is 11.7. The number of hydrogen-bond donors (Lipinski definition) is 0. The molecule has 0 aromatic heterocycles. The lowest BCUT2D eigenvalue weighted by Crippen LogP contribution is -2.00. The van der Waals surface area contributed by atoms with Gasteiger partial charge in [-0.2, -0.15) is 5.26 Å². The van der Waals surface area contributed by atoms with E-state index in [1.165, 1.54) is 0 Å². The fourth-order valence-electron chi connectivity index (χ4n) is 1.90. The average molecular weight is 286 g/mol. The summed E-state index contributed by atoms with van der Waals surface area (Å²) >= 11 is 0. The quantitative estimate of drug-likeness (QED) is 0.802. The second-order valence-electron chi connectivity index (χ2n) is 3.93. The van der Waals surface area contributed by atoms with Gasteiger partial charge >= 0.3 is 0 Å². The van der Waals surface area contributed by atoms with Gasteiger partial charge in [0, 0.05) is 0 Å². The number of rotatable bonds is 6. The summed E-state index contributed by atoms with van der Waals surface area (Å²) in [4.78, 5) is 0. The summed E-state index contributed by atoms with van der Waals surface area (Å²) in [6.07, 6.45) is 1.77. The smallest absolute Gasteiger partial charge is 0.203 e. The molecule has 106 valence electrons. The number of methoxy groups -OCH3 is 3. The van der Waals surface area contributed by atoms with Crippen LogP contribution in [0.25, 0.3) is 0 Å². The van der Waals surface area contributed by atoms with Gasteiger partial charge in [-0.15, -0.1) is 12.4 Å². The third-order valence-corrected chi connectivity index (χ3v) is 2.82. The summed E-state index contributed by atoms with van der Waals surface area (Å²) < 4.78 is 15.8. The molecule has 1 atom stereocenters. The van der Waals surface area contributed by atoms with Crippen molar-refractivity contribution < 1.29 is 14.2 Å². The lowest BCUT2D eigenvalue weighted by atomic mass is 9.95. The van der Waals surface area contributed by atoms with Crippen molar-refractivity contribution in [3.63, 3.8) is 0 Å². The first-order chi connectivity index (χ1) is 8.71. The Balaban J connectivity index is 0.00000324. The Morgan fingerprint density at radius 2 is 1.63 bits per heavy atom. The van der Waals surface area contributed by atoms with E-state index < -0.39 is 0 Å². The summed E-state index contributed by atoms with van der Waals surface area (Å²) in [7, 11) is 4.71. The monoisotopic (exact) mass is 285 g/mol. The third kappa shape index (κ3) is 3.93. The van der Waals surface area contributed by atoms with Gasteiger partial charge in [-0.25, -0.2) is 0 Å². The standard InChI is InChI=1S/C14H19NO3.ClH/c1-5-6-10(9-15)11-7-12(16-2)14(18-4)13(8-11)17-3;/h7-8,10H,5-6H2,1-4H3;1H. The molecule has 1 aromatic carbocycles. The Labute approximate surface area is 120 Å². The molecule has 0 saturated heterocycles. The molecule has 0 fully saturated rings. The van der Waals surface area contributed by atoms with Crippen molar-refractivity contribution in [1.82, 2.24) is 0 Å². The number of halogens is 1. The highest BCUT2D eigenvalue weighted by Crippen LogP contribution is 2.40. The first-order valence-corrected chi connectivity index (χ1v) is 5.91. The predicted molar refractivity (Wildman–Crippen MR) is 76.6 cm³/mol. The molecule has 1 unspecified atom stereocenters. The Morgan fingerprint density at radius 1 is 1.11 bits per heavy atom. The molecule has 0 spiro atoms. The summed E-state index contributed by atoms with van der Waals surface area (Å²) in [5, 5.41) is 9.20. The molecule has 0 heterocycles. The molecule has 4 nitrogen and oxygen atoms in total.